The average molecular weight is 413 g/mol. The zero-order chi connectivity index (χ0) is 21.8. The second-order valence-electron chi connectivity index (χ2n) is 7.53. The van der Waals surface area contributed by atoms with Gasteiger partial charge in [-0.2, -0.15) is 0 Å². The molecule has 1 saturated heterocycles. The van der Waals surface area contributed by atoms with Crippen LogP contribution in [0.4, 0.5) is 5.69 Å². The highest BCUT2D eigenvalue weighted by atomic mass is 16.5. The maximum Gasteiger partial charge on any atom is 0.274 e. The smallest absolute Gasteiger partial charge is 0.274 e. The number of rotatable bonds is 5. The van der Waals surface area contributed by atoms with Crippen molar-refractivity contribution in [1.29, 1.82) is 0 Å². The number of nitrogens with zero attached hydrogens (tertiary/aromatic N) is 2. The second-order valence-corrected chi connectivity index (χ2v) is 7.53. The van der Waals surface area contributed by atoms with Gasteiger partial charge in [0.25, 0.3) is 17.4 Å². The lowest BCUT2D eigenvalue weighted by Crippen LogP contribution is -2.38. The molecular weight excluding hydrogens is 386 g/mol. The Hall–Kier alpha value is -3.29. The van der Waals surface area contributed by atoms with Crippen LogP contribution in [-0.2, 0) is 7.05 Å². The molecule has 0 aliphatic carbocycles. The molecule has 1 fully saturated rings. The quantitative estimate of drug-likeness (QED) is 0.814. The molecule has 0 radical (unpaired) electrons. The van der Waals surface area contributed by atoms with Crippen molar-refractivity contribution in [2.24, 2.45) is 13.0 Å². The molecule has 0 unspecified atom stereocenters. The van der Waals surface area contributed by atoms with Crippen molar-refractivity contribution in [3.05, 3.63) is 51.9 Å². The number of benzene rings is 1. The fraction of sp³-hybridized carbons (Fsp3) is 0.409. The lowest BCUT2D eigenvalue weighted by atomic mass is 9.99. The van der Waals surface area contributed by atoms with Crippen LogP contribution in [-0.4, -0.2) is 48.6 Å². The molecule has 0 spiro atoms. The molecule has 1 N–H and O–H groups in total. The molecule has 30 heavy (non-hydrogen) atoms. The lowest BCUT2D eigenvalue weighted by molar-refractivity contribution is 0.0696. The number of carbonyl (C=O) groups is 2. The molecular formula is C22H27N3O5. The Morgan fingerprint density at radius 2 is 1.83 bits per heavy atom. The standard InChI is InChI=1S/C22H27N3O5/c1-14-8-10-25(11-9-14)21(27)15-12-17(22(28)24(2)13-15)23-20(26)16-6-5-7-18(29-3)19(16)30-4/h5-7,12-14H,8-11H2,1-4H3,(H,23,26). The molecule has 2 amide bonds. The largest absolute Gasteiger partial charge is 0.493 e. The normalized spacial score (nSPS) is 14.3. The highest BCUT2D eigenvalue weighted by Gasteiger charge is 2.23. The number of aryl methyl sites for hydroxylation is 1. The van der Waals surface area contributed by atoms with Gasteiger partial charge in [-0.15, -0.1) is 0 Å². The molecule has 1 aliphatic heterocycles. The van der Waals surface area contributed by atoms with Crippen molar-refractivity contribution in [2.45, 2.75) is 19.8 Å². The Kier molecular flexibility index (Phi) is 6.44. The number of hydrogen-bond donors (Lipinski definition) is 1. The zero-order valence-corrected chi connectivity index (χ0v) is 17.7. The van der Waals surface area contributed by atoms with Gasteiger partial charge >= 0.3 is 0 Å². The number of likely N-dealkylation sites (tertiary alicyclic amines) is 1. The fourth-order valence-corrected chi connectivity index (χ4v) is 3.57. The number of aromatic nitrogens is 1. The zero-order valence-electron chi connectivity index (χ0n) is 17.7. The van der Waals surface area contributed by atoms with E-state index in [-0.39, 0.29) is 22.9 Å². The first-order valence-corrected chi connectivity index (χ1v) is 9.88. The summed E-state index contributed by atoms with van der Waals surface area (Å²) in [6.07, 6.45) is 3.41. The number of amides is 2. The summed E-state index contributed by atoms with van der Waals surface area (Å²) in [6.45, 7) is 3.55. The molecule has 2 aromatic rings. The van der Waals surface area contributed by atoms with Gasteiger partial charge in [0.15, 0.2) is 11.5 Å². The first-order valence-electron chi connectivity index (χ1n) is 9.88. The van der Waals surface area contributed by atoms with Gasteiger partial charge < -0.3 is 24.3 Å². The summed E-state index contributed by atoms with van der Waals surface area (Å²) in [7, 11) is 4.47. The number of nitrogens with one attached hydrogen (secondary N) is 1. The Labute approximate surface area is 175 Å². The second kappa shape index (κ2) is 9.02. The van der Waals surface area contributed by atoms with Crippen LogP contribution >= 0.6 is 0 Å². The van der Waals surface area contributed by atoms with E-state index in [0.29, 0.717) is 30.3 Å². The van der Waals surface area contributed by atoms with Crippen LogP contribution < -0.4 is 20.3 Å². The summed E-state index contributed by atoms with van der Waals surface area (Å²) in [5, 5.41) is 2.62. The van der Waals surface area contributed by atoms with E-state index >= 15 is 0 Å². The highest BCUT2D eigenvalue weighted by molar-refractivity contribution is 6.07. The van der Waals surface area contributed by atoms with Crippen LogP contribution in [0.2, 0.25) is 0 Å². The van der Waals surface area contributed by atoms with Crippen molar-refractivity contribution in [3.8, 4) is 11.5 Å². The maximum absolute atomic E-state index is 12.9. The van der Waals surface area contributed by atoms with Gasteiger partial charge in [-0.25, -0.2) is 0 Å². The van der Waals surface area contributed by atoms with Crippen molar-refractivity contribution in [2.75, 3.05) is 32.6 Å². The van der Waals surface area contributed by atoms with Gasteiger partial charge in [-0.3, -0.25) is 14.4 Å². The molecule has 2 heterocycles. The van der Waals surface area contributed by atoms with E-state index < -0.39 is 11.5 Å². The maximum atomic E-state index is 12.9. The van der Waals surface area contributed by atoms with Crippen LogP contribution in [0.5, 0.6) is 11.5 Å². The number of carbonyl (C=O) groups excluding carboxylic acids is 2. The van der Waals surface area contributed by atoms with Crippen LogP contribution in [0.25, 0.3) is 0 Å². The predicted molar refractivity (Wildman–Crippen MR) is 113 cm³/mol. The topological polar surface area (TPSA) is 89.9 Å². The summed E-state index contributed by atoms with van der Waals surface area (Å²) >= 11 is 0. The molecule has 0 atom stereocenters. The third-order valence-electron chi connectivity index (χ3n) is 5.40. The Balaban J connectivity index is 1.89. The summed E-state index contributed by atoms with van der Waals surface area (Å²) in [6, 6.07) is 6.34. The van der Waals surface area contributed by atoms with Gasteiger partial charge in [0, 0.05) is 26.3 Å². The molecule has 1 aliphatic rings. The van der Waals surface area contributed by atoms with Gasteiger partial charge in [0.05, 0.1) is 25.3 Å². The van der Waals surface area contributed by atoms with Crippen molar-refractivity contribution >= 4 is 17.5 Å². The number of anilines is 1. The summed E-state index contributed by atoms with van der Waals surface area (Å²) < 4.78 is 11.8. The van der Waals surface area contributed by atoms with E-state index in [1.807, 2.05) is 0 Å². The predicted octanol–water partition coefficient (Wildman–Crippen LogP) is 2.53. The lowest BCUT2D eigenvalue weighted by Gasteiger charge is -2.30. The number of para-hydroxylation sites is 1. The minimum atomic E-state index is -0.528. The number of ether oxygens (including phenoxy) is 2. The van der Waals surface area contributed by atoms with Crippen LogP contribution in [0, 0.1) is 5.92 Å². The van der Waals surface area contributed by atoms with Crippen molar-refractivity contribution in [3.63, 3.8) is 0 Å². The third kappa shape index (κ3) is 4.32. The average Bonchev–Trinajstić information content (AvgIpc) is 2.75. The molecule has 0 bridgehead atoms. The number of piperidine rings is 1. The van der Waals surface area contributed by atoms with Crippen LogP contribution in [0.1, 0.15) is 40.5 Å². The third-order valence-corrected chi connectivity index (χ3v) is 5.40. The first kappa shape index (κ1) is 21.4. The Bertz CT molecular complexity index is 1010. The Morgan fingerprint density at radius 3 is 2.47 bits per heavy atom. The molecule has 0 saturated carbocycles. The molecule has 8 nitrogen and oxygen atoms in total. The van der Waals surface area contributed by atoms with Gasteiger partial charge in [-0.05, 0) is 37.0 Å². The number of pyridine rings is 1. The first-order chi connectivity index (χ1) is 14.3. The van der Waals surface area contributed by atoms with E-state index in [2.05, 4.69) is 12.2 Å². The molecule has 160 valence electrons. The number of hydrogen-bond acceptors (Lipinski definition) is 5. The molecule has 3 rings (SSSR count). The van der Waals surface area contributed by atoms with E-state index in [0.717, 1.165) is 12.8 Å². The summed E-state index contributed by atoms with van der Waals surface area (Å²) in [5.74, 6) is 0.596. The van der Waals surface area contributed by atoms with E-state index in [1.165, 1.54) is 31.0 Å². The van der Waals surface area contributed by atoms with E-state index in [4.69, 9.17) is 9.47 Å². The summed E-state index contributed by atoms with van der Waals surface area (Å²) in [5.41, 5.74) is 0.206. The molecule has 8 heteroatoms. The van der Waals surface area contributed by atoms with Gasteiger partial charge in [0.2, 0.25) is 0 Å². The monoisotopic (exact) mass is 413 g/mol. The minimum Gasteiger partial charge on any atom is -0.493 e. The van der Waals surface area contributed by atoms with Crippen molar-refractivity contribution < 1.29 is 19.1 Å². The molecule has 1 aromatic heterocycles. The molecule has 1 aromatic carbocycles. The van der Waals surface area contributed by atoms with Crippen LogP contribution in [0.3, 0.4) is 0 Å². The fourth-order valence-electron chi connectivity index (χ4n) is 3.57. The van der Waals surface area contributed by atoms with Crippen LogP contribution in [0.15, 0.2) is 35.3 Å². The van der Waals surface area contributed by atoms with E-state index in [9.17, 15) is 14.4 Å². The SMILES string of the molecule is COc1cccc(C(=O)Nc2cc(C(=O)N3CCC(C)CC3)cn(C)c2=O)c1OC. The number of methoxy groups -OCH3 is 2. The van der Waals surface area contributed by atoms with Gasteiger partial charge in [0.1, 0.15) is 5.69 Å². The minimum absolute atomic E-state index is 0.0311. The van der Waals surface area contributed by atoms with E-state index in [1.54, 1.807) is 30.1 Å². The van der Waals surface area contributed by atoms with Gasteiger partial charge in [-0.1, -0.05) is 13.0 Å². The Morgan fingerprint density at radius 1 is 1.13 bits per heavy atom. The van der Waals surface area contributed by atoms with Crippen molar-refractivity contribution in [1.82, 2.24) is 9.47 Å². The highest BCUT2D eigenvalue weighted by Crippen LogP contribution is 2.31. The summed E-state index contributed by atoms with van der Waals surface area (Å²) in [4.78, 5) is 40.1.